The summed E-state index contributed by atoms with van der Waals surface area (Å²) in [5, 5.41) is 11.3. The van der Waals surface area contributed by atoms with Gasteiger partial charge in [0.15, 0.2) is 0 Å². The van der Waals surface area contributed by atoms with E-state index in [-0.39, 0.29) is 23.7 Å². The number of halogens is 3. The number of unbranched alkanes of at least 4 members (excludes halogenated alkanes) is 1. The topological polar surface area (TPSA) is 113 Å². The number of carbonyl (C=O) groups excluding carboxylic acids is 1. The van der Waals surface area contributed by atoms with Gasteiger partial charge in [0.25, 0.3) is 0 Å². The van der Waals surface area contributed by atoms with Gasteiger partial charge in [-0.3, -0.25) is 9.48 Å². The molecule has 0 radical (unpaired) electrons. The summed E-state index contributed by atoms with van der Waals surface area (Å²) < 4.78 is 60.2. The number of aryl methyl sites for hydroxylation is 1. The fourth-order valence-corrected chi connectivity index (χ4v) is 5.61. The Balaban J connectivity index is 0.000000396. The first-order chi connectivity index (χ1) is 13.9. The molecule has 0 saturated carbocycles. The molecule has 0 aliphatic carbocycles. The van der Waals surface area contributed by atoms with Crippen LogP contribution in [0.5, 0.6) is 0 Å². The average molecular weight is 454 g/mol. The van der Waals surface area contributed by atoms with E-state index in [1.807, 2.05) is 20.2 Å². The quantitative estimate of drug-likeness (QED) is 0.725. The molecule has 1 N–H and O–H groups in total. The second-order valence-electron chi connectivity index (χ2n) is 7.18. The molecular formula is C17H25F3N4O5S. The van der Waals surface area contributed by atoms with Crippen LogP contribution < -0.4 is 4.90 Å². The fraction of sp³-hybridized carbons (Fsp3) is 0.706. The van der Waals surface area contributed by atoms with E-state index in [9.17, 15) is 26.4 Å². The minimum atomic E-state index is -5.08. The van der Waals surface area contributed by atoms with Crippen LogP contribution in [0.25, 0.3) is 0 Å². The van der Waals surface area contributed by atoms with Gasteiger partial charge in [0.05, 0.1) is 23.7 Å². The van der Waals surface area contributed by atoms with E-state index >= 15 is 0 Å². The number of sulfonamides is 1. The molecule has 1 aromatic heterocycles. The predicted molar refractivity (Wildman–Crippen MR) is 101 cm³/mol. The normalized spacial score (nSPS) is 22.4. The molecule has 30 heavy (non-hydrogen) atoms. The van der Waals surface area contributed by atoms with E-state index in [1.54, 1.807) is 20.1 Å². The van der Waals surface area contributed by atoms with Crippen LogP contribution in [0.15, 0.2) is 12.4 Å². The van der Waals surface area contributed by atoms with Gasteiger partial charge in [-0.2, -0.15) is 22.6 Å². The Morgan fingerprint density at radius 2 is 1.93 bits per heavy atom. The molecule has 9 nitrogen and oxygen atoms in total. The molecule has 0 unspecified atom stereocenters. The number of hydrogen-bond donors (Lipinski definition) is 1. The number of carboxylic acids is 1. The number of anilines is 1. The third-order valence-electron chi connectivity index (χ3n) is 5.04. The molecule has 2 fully saturated rings. The summed E-state index contributed by atoms with van der Waals surface area (Å²) in [5.41, 5.74) is 0.764. The monoisotopic (exact) mass is 454 g/mol. The number of carboxylic acid groups (broad SMARTS) is 1. The molecule has 3 heterocycles. The number of fused-ring (bicyclic) bond motifs is 1. The largest absolute Gasteiger partial charge is 0.490 e. The summed E-state index contributed by atoms with van der Waals surface area (Å²) in [5.74, 6) is -2.49. The highest BCUT2D eigenvalue weighted by Crippen LogP contribution is 2.36. The Kier molecular flexibility index (Phi) is 7.50. The van der Waals surface area contributed by atoms with Crippen LogP contribution in [0.2, 0.25) is 0 Å². The van der Waals surface area contributed by atoms with E-state index in [0.29, 0.717) is 32.2 Å². The molecule has 3 rings (SSSR count). The van der Waals surface area contributed by atoms with Gasteiger partial charge in [-0.1, -0.05) is 13.3 Å². The molecule has 2 saturated heterocycles. The number of alkyl halides is 3. The van der Waals surface area contributed by atoms with Crippen molar-refractivity contribution < 1.29 is 36.3 Å². The van der Waals surface area contributed by atoms with Crippen molar-refractivity contribution in [3.05, 3.63) is 12.4 Å². The van der Waals surface area contributed by atoms with E-state index in [2.05, 4.69) is 5.10 Å². The van der Waals surface area contributed by atoms with Crippen LogP contribution in [0, 0.1) is 0 Å². The molecule has 13 heteroatoms. The van der Waals surface area contributed by atoms with Gasteiger partial charge >= 0.3 is 12.1 Å². The number of nitrogens with zero attached hydrogens (tertiary/aromatic N) is 4. The van der Waals surface area contributed by atoms with Crippen molar-refractivity contribution in [1.29, 1.82) is 0 Å². The number of hydrogen-bond acceptors (Lipinski definition) is 5. The molecule has 1 amide bonds. The standard InChI is InChI=1S/C15H24N4O3S.C2HF3O2/c1-3-4-9-23(21,22)18-8-7-14-13(18)5-6-15(20)19(14)12-10-16-17(2)11-12;3-2(4,5)1(6)7/h10-11,13-14H,3-9H2,1-2H3;(H,6,7)/t13-,14-;/m0./s1. The third-order valence-corrected chi connectivity index (χ3v) is 7.01. The highest BCUT2D eigenvalue weighted by molar-refractivity contribution is 7.89. The number of piperidine rings is 1. The first-order valence-corrected chi connectivity index (χ1v) is 11.1. The maximum absolute atomic E-state index is 12.6. The van der Waals surface area contributed by atoms with Crippen LogP contribution in [0.3, 0.4) is 0 Å². The maximum Gasteiger partial charge on any atom is 0.490 e. The fourth-order valence-electron chi connectivity index (χ4n) is 3.68. The highest BCUT2D eigenvalue weighted by Gasteiger charge is 2.47. The first kappa shape index (κ1) is 24.1. The summed E-state index contributed by atoms with van der Waals surface area (Å²) in [6, 6.07) is -0.174. The zero-order valence-corrected chi connectivity index (χ0v) is 17.5. The van der Waals surface area contributed by atoms with Crippen LogP contribution in [0.1, 0.15) is 39.0 Å². The Bertz CT molecular complexity index is 871. The van der Waals surface area contributed by atoms with E-state index < -0.39 is 22.2 Å². The van der Waals surface area contributed by atoms with E-state index in [4.69, 9.17) is 9.90 Å². The number of amides is 1. The summed E-state index contributed by atoms with van der Waals surface area (Å²) in [4.78, 5) is 23.1. The van der Waals surface area contributed by atoms with Gasteiger partial charge in [0.2, 0.25) is 15.9 Å². The lowest BCUT2D eigenvalue weighted by Crippen LogP contribution is -2.53. The van der Waals surface area contributed by atoms with Crippen molar-refractivity contribution in [3.63, 3.8) is 0 Å². The Morgan fingerprint density at radius 1 is 1.30 bits per heavy atom. The van der Waals surface area contributed by atoms with Gasteiger partial charge in [-0.15, -0.1) is 0 Å². The second kappa shape index (κ2) is 9.33. The number of aromatic nitrogens is 2. The average Bonchev–Trinajstić information content (AvgIpc) is 3.26. The Labute approximate surface area is 172 Å². The zero-order chi connectivity index (χ0) is 22.7. The smallest absolute Gasteiger partial charge is 0.475 e. The lowest BCUT2D eigenvalue weighted by Gasteiger charge is -2.38. The molecule has 170 valence electrons. The van der Waals surface area contributed by atoms with E-state index in [0.717, 1.165) is 12.1 Å². The van der Waals surface area contributed by atoms with Gasteiger partial charge in [-0.05, 0) is 19.3 Å². The molecule has 0 spiro atoms. The molecule has 2 aliphatic heterocycles. The van der Waals surface area contributed by atoms with Gasteiger partial charge < -0.3 is 10.0 Å². The Morgan fingerprint density at radius 3 is 2.43 bits per heavy atom. The van der Waals surface area contributed by atoms with Crippen LogP contribution in [-0.4, -0.2) is 70.0 Å². The van der Waals surface area contributed by atoms with Crippen LogP contribution >= 0.6 is 0 Å². The number of rotatable bonds is 5. The van der Waals surface area contributed by atoms with Gasteiger partial charge in [0.1, 0.15) is 0 Å². The molecule has 0 aromatic carbocycles. The van der Waals surface area contributed by atoms with Crippen molar-refractivity contribution in [2.24, 2.45) is 7.05 Å². The summed E-state index contributed by atoms with van der Waals surface area (Å²) in [7, 11) is -1.42. The predicted octanol–water partition coefficient (Wildman–Crippen LogP) is 1.75. The van der Waals surface area contributed by atoms with Gasteiger partial charge in [-0.25, -0.2) is 13.2 Å². The molecular weight excluding hydrogens is 429 g/mol. The summed E-state index contributed by atoms with van der Waals surface area (Å²) in [6.07, 6.45) is 1.64. The molecule has 0 bridgehead atoms. The Hall–Kier alpha value is -2.15. The first-order valence-electron chi connectivity index (χ1n) is 9.48. The van der Waals surface area contributed by atoms with E-state index in [1.165, 1.54) is 0 Å². The molecule has 1 aromatic rings. The zero-order valence-electron chi connectivity index (χ0n) is 16.7. The molecule has 2 aliphatic rings. The van der Waals surface area contributed by atoms with Crippen molar-refractivity contribution >= 4 is 27.6 Å². The van der Waals surface area contributed by atoms with Crippen LogP contribution in [0.4, 0.5) is 18.9 Å². The van der Waals surface area contributed by atoms with Crippen molar-refractivity contribution in [2.45, 2.75) is 57.3 Å². The summed E-state index contributed by atoms with van der Waals surface area (Å²) in [6.45, 7) is 2.50. The lowest BCUT2D eigenvalue weighted by atomic mass is 9.96. The lowest BCUT2D eigenvalue weighted by molar-refractivity contribution is -0.192. The van der Waals surface area contributed by atoms with Crippen molar-refractivity contribution in [1.82, 2.24) is 14.1 Å². The van der Waals surface area contributed by atoms with Crippen molar-refractivity contribution in [2.75, 3.05) is 17.2 Å². The molecule has 2 atom stereocenters. The number of carbonyl (C=O) groups is 2. The van der Waals surface area contributed by atoms with Gasteiger partial charge in [0, 0.05) is 32.3 Å². The maximum atomic E-state index is 12.6. The number of aliphatic carboxylic acids is 1. The SMILES string of the molecule is CCCCS(=O)(=O)N1CC[C@H]2[C@@H]1CCC(=O)N2c1cnn(C)c1.O=C(O)C(F)(F)F. The third kappa shape index (κ3) is 5.50. The minimum absolute atomic E-state index is 0.0621. The highest BCUT2D eigenvalue weighted by atomic mass is 32.2. The van der Waals surface area contributed by atoms with Crippen LogP contribution in [-0.2, 0) is 26.7 Å². The summed E-state index contributed by atoms with van der Waals surface area (Å²) >= 11 is 0. The van der Waals surface area contributed by atoms with Crippen molar-refractivity contribution in [3.8, 4) is 0 Å². The second-order valence-corrected chi connectivity index (χ2v) is 9.22. The minimum Gasteiger partial charge on any atom is -0.475 e.